The van der Waals surface area contributed by atoms with Gasteiger partial charge >= 0.3 is 0 Å². The molecule has 0 radical (unpaired) electrons. The molecule has 1 aromatic carbocycles. The molecule has 0 heterocycles. The number of rotatable bonds is 7. The van der Waals surface area contributed by atoms with Gasteiger partial charge in [-0.3, -0.25) is 4.79 Å². The maximum absolute atomic E-state index is 11.3. The maximum atomic E-state index is 11.3. The molecule has 0 saturated heterocycles. The van der Waals surface area contributed by atoms with E-state index in [9.17, 15) is 4.79 Å². The van der Waals surface area contributed by atoms with Crippen LogP contribution in [0.1, 0.15) is 6.92 Å². The molecule has 0 unspecified atom stereocenters. The van der Waals surface area contributed by atoms with E-state index >= 15 is 0 Å². The van der Waals surface area contributed by atoms with Crippen molar-refractivity contribution in [3.63, 3.8) is 0 Å². The molecule has 6 nitrogen and oxygen atoms in total. The number of hydrogen-bond donors (Lipinski definition) is 3. The van der Waals surface area contributed by atoms with E-state index in [0.29, 0.717) is 24.6 Å². The number of amides is 1. The van der Waals surface area contributed by atoms with E-state index in [-0.39, 0.29) is 5.91 Å². The molecule has 4 N–H and O–H groups in total. The number of methoxy groups -OCH3 is 2. The zero-order valence-corrected chi connectivity index (χ0v) is 11.5. The topological polar surface area (TPSA) is 85.6 Å². The van der Waals surface area contributed by atoms with Crippen molar-refractivity contribution < 1.29 is 14.3 Å². The Morgan fingerprint density at radius 3 is 2.26 bits per heavy atom. The van der Waals surface area contributed by atoms with Crippen LogP contribution >= 0.6 is 0 Å². The summed E-state index contributed by atoms with van der Waals surface area (Å²) in [6.07, 6.45) is 0. The second-order valence-corrected chi connectivity index (χ2v) is 4.11. The van der Waals surface area contributed by atoms with Gasteiger partial charge in [-0.25, -0.2) is 0 Å². The van der Waals surface area contributed by atoms with Crippen molar-refractivity contribution in [2.45, 2.75) is 13.0 Å². The Balaban J connectivity index is 2.46. The highest BCUT2D eigenvalue weighted by molar-refractivity contribution is 5.80. The highest BCUT2D eigenvalue weighted by Gasteiger charge is 2.05. The van der Waals surface area contributed by atoms with E-state index in [4.69, 9.17) is 15.2 Å². The van der Waals surface area contributed by atoms with Crippen molar-refractivity contribution in [2.24, 2.45) is 5.73 Å². The van der Waals surface area contributed by atoms with Crippen molar-refractivity contribution in [1.29, 1.82) is 0 Å². The highest BCUT2D eigenvalue weighted by atomic mass is 16.5. The zero-order chi connectivity index (χ0) is 14.3. The van der Waals surface area contributed by atoms with Gasteiger partial charge in [-0.05, 0) is 6.92 Å². The summed E-state index contributed by atoms with van der Waals surface area (Å²) in [6, 6.07) is 5.02. The van der Waals surface area contributed by atoms with Gasteiger partial charge in [0, 0.05) is 37.0 Å². The average Bonchev–Trinajstić information content (AvgIpc) is 2.42. The van der Waals surface area contributed by atoms with Crippen LogP contribution in [0.3, 0.4) is 0 Å². The summed E-state index contributed by atoms with van der Waals surface area (Å²) in [5, 5.41) is 5.89. The van der Waals surface area contributed by atoms with Gasteiger partial charge in [0.05, 0.1) is 20.3 Å². The lowest BCUT2D eigenvalue weighted by atomic mass is 10.2. The summed E-state index contributed by atoms with van der Waals surface area (Å²) >= 11 is 0. The number of hydrogen-bond acceptors (Lipinski definition) is 5. The molecule has 1 atom stereocenters. The fraction of sp³-hybridized carbons (Fsp3) is 0.462. The first-order valence-corrected chi connectivity index (χ1v) is 6.07. The monoisotopic (exact) mass is 267 g/mol. The number of ether oxygens (including phenoxy) is 2. The first kappa shape index (κ1) is 15.1. The molecular formula is C13H21N3O3. The number of carbonyl (C=O) groups excluding carboxylic acids is 1. The largest absolute Gasteiger partial charge is 0.497 e. The van der Waals surface area contributed by atoms with Crippen LogP contribution in [0, 0.1) is 0 Å². The van der Waals surface area contributed by atoms with Gasteiger partial charge in [-0.15, -0.1) is 0 Å². The molecule has 0 aliphatic rings. The Hall–Kier alpha value is -1.95. The van der Waals surface area contributed by atoms with Gasteiger partial charge in [0.1, 0.15) is 11.5 Å². The standard InChI is InChI=1S/C13H21N3O3/c1-9(14)13(17)16-5-4-15-10-6-11(18-2)8-12(7-10)19-3/h6-9,15H,4-5,14H2,1-3H3,(H,16,17)/t9-/m1/s1. The Kier molecular flexibility index (Phi) is 5.95. The van der Waals surface area contributed by atoms with Gasteiger partial charge in [-0.1, -0.05) is 0 Å². The molecule has 6 heteroatoms. The van der Waals surface area contributed by atoms with Crippen LogP contribution in [0.2, 0.25) is 0 Å². The van der Waals surface area contributed by atoms with Crippen molar-refractivity contribution in [1.82, 2.24) is 5.32 Å². The number of nitrogens with one attached hydrogen (secondary N) is 2. The second-order valence-electron chi connectivity index (χ2n) is 4.11. The third kappa shape index (κ3) is 5.05. The minimum Gasteiger partial charge on any atom is -0.497 e. The number of benzene rings is 1. The predicted molar refractivity (Wildman–Crippen MR) is 74.7 cm³/mol. The summed E-state index contributed by atoms with van der Waals surface area (Å²) in [6.45, 7) is 2.74. The zero-order valence-electron chi connectivity index (χ0n) is 11.5. The molecular weight excluding hydrogens is 246 g/mol. The van der Waals surface area contributed by atoms with Crippen LogP contribution in [0.25, 0.3) is 0 Å². The predicted octanol–water partition coefficient (Wildman–Crippen LogP) is 0.579. The Morgan fingerprint density at radius 1 is 1.21 bits per heavy atom. The van der Waals surface area contributed by atoms with E-state index in [1.54, 1.807) is 27.2 Å². The Bertz CT molecular complexity index is 399. The molecule has 1 rings (SSSR count). The number of carbonyl (C=O) groups is 1. The van der Waals surface area contributed by atoms with Crippen LogP contribution in [-0.4, -0.2) is 39.3 Å². The molecule has 0 fully saturated rings. The highest BCUT2D eigenvalue weighted by Crippen LogP contribution is 2.25. The smallest absolute Gasteiger partial charge is 0.236 e. The molecule has 1 aromatic rings. The minimum atomic E-state index is -0.489. The van der Waals surface area contributed by atoms with E-state index in [1.165, 1.54) is 0 Å². The lowest BCUT2D eigenvalue weighted by molar-refractivity contribution is -0.121. The van der Waals surface area contributed by atoms with Crippen molar-refractivity contribution in [3.05, 3.63) is 18.2 Å². The van der Waals surface area contributed by atoms with Gasteiger partial charge in [-0.2, -0.15) is 0 Å². The van der Waals surface area contributed by atoms with Crippen LogP contribution in [0.15, 0.2) is 18.2 Å². The van der Waals surface area contributed by atoms with Gasteiger partial charge in [0.25, 0.3) is 0 Å². The van der Waals surface area contributed by atoms with E-state index in [2.05, 4.69) is 10.6 Å². The third-order valence-electron chi connectivity index (χ3n) is 2.52. The fourth-order valence-corrected chi connectivity index (χ4v) is 1.46. The quantitative estimate of drug-likeness (QED) is 0.629. The van der Waals surface area contributed by atoms with Crippen LogP contribution in [-0.2, 0) is 4.79 Å². The summed E-state index contributed by atoms with van der Waals surface area (Å²) in [5.74, 6) is 1.26. The van der Waals surface area contributed by atoms with Crippen LogP contribution < -0.4 is 25.8 Å². The first-order chi connectivity index (χ1) is 9.06. The number of anilines is 1. The maximum Gasteiger partial charge on any atom is 0.236 e. The molecule has 0 aliphatic carbocycles. The van der Waals surface area contributed by atoms with E-state index < -0.39 is 6.04 Å². The van der Waals surface area contributed by atoms with Crippen LogP contribution in [0.4, 0.5) is 5.69 Å². The number of nitrogens with two attached hydrogens (primary N) is 1. The minimum absolute atomic E-state index is 0.162. The second kappa shape index (κ2) is 7.48. The Morgan fingerprint density at radius 2 is 1.79 bits per heavy atom. The third-order valence-corrected chi connectivity index (χ3v) is 2.52. The SMILES string of the molecule is COc1cc(NCCNC(=O)[C@@H](C)N)cc(OC)c1. The summed E-state index contributed by atoms with van der Waals surface area (Å²) in [7, 11) is 3.20. The molecule has 0 aliphatic heterocycles. The molecule has 0 aromatic heterocycles. The van der Waals surface area contributed by atoms with E-state index in [0.717, 1.165) is 5.69 Å². The van der Waals surface area contributed by atoms with E-state index in [1.807, 2.05) is 12.1 Å². The first-order valence-electron chi connectivity index (χ1n) is 6.07. The van der Waals surface area contributed by atoms with Crippen molar-refractivity contribution in [3.8, 4) is 11.5 Å². The molecule has 1 amide bonds. The van der Waals surface area contributed by atoms with Crippen molar-refractivity contribution in [2.75, 3.05) is 32.6 Å². The molecule has 106 valence electrons. The van der Waals surface area contributed by atoms with Gasteiger partial charge in [0.2, 0.25) is 5.91 Å². The normalized spacial score (nSPS) is 11.6. The lowest BCUT2D eigenvalue weighted by Crippen LogP contribution is -2.40. The summed E-state index contributed by atoms with van der Waals surface area (Å²) in [5.41, 5.74) is 6.31. The molecule has 19 heavy (non-hydrogen) atoms. The Labute approximate surface area is 113 Å². The summed E-state index contributed by atoms with van der Waals surface area (Å²) < 4.78 is 10.3. The fourth-order valence-electron chi connectivity index (χ4n) is 1.46. The van der Waals surface area contributed by atoms with Gasteiger partial charge < -0.3 is 25.8 Å². The molecule has 0 saturated carbocycles. The molecule has 0 bridgehead atoms. The van der Waals surface area contributed by atoms with Gasteiger partial charge in [0.15, 0.2) is 0 Å². The van der Waals surface area contributed by atoms with Crippen LogP contribution in [0.5, 0.6) is 11.5 Å². The average molecular weight is 267 g/mol. The van der Waals surface area contributed by atoms with Crippen molar-refractivity contribution >= 4 is 11.6 Å². The summed E-state index contributed by atoms with van der Waals surface area (Å²) in [4.78, 5) is 11.3. The lowest BCUT2D eigenvalue weighted by Gasteiger charge is -2.12. The molecule has 0 spiro atoms.